The first-order valence-corrected chi connectivity index (χ1v) is 3.96. The molecule has 0 saturated heterocycles. The van der Waals surface area contributed by atoms with Gasteiger partial charge >= 0.3 is 6.18 Å². The van der Waals surface area contributed by atoms with Crippen molar-refractivity contribution in [1.29, 1.82) is 0 Å². The van der Waals surface area contributed by atoms with Crippen molar-refractivity contribution in [2.75, 3.05) is 0 Å². The molecule has 0 spiro atoms. The smallest absolute Gasteiger partial charge is 0.391 e. The van der Waals surface area contributed by atoms with E-state index in [0.717, 1.165) is 0 Å². The van der Waals surface area contributed by atoms with Crippen LogP contribution in [0.15, 0.2) is 6.33 Å². The van der Waals surface area contributed by atoms with Gasteiger partial charge in [-0.05, 0) is 0 Å². The minimum atomic E-state index is -4.35. The van der Waals surface area contributed by atoms with Crippen molar-refractivity contribution >= 4 is 0 Å². The van der Waals surface area contributed by atoms with E-state index in [1.807, 2.05) is 0 Å². The molecule has 80 valence electrons. The summed E-state index contributed by atoms with van der Waals surface area (Å²) in [5.74, 6) is 0.335. The van der Waals surface area contributed by atoms with Gasteiger partial charge in [0, 0.05) is 13.5 Å². The van der Waals surface area contributed by atoms with Crippen molar-refractivity contribution in [2.45, 2.75) is 25.1 Å². The van der Waals surface area contributed by atoms with Crippen molar-refractivity contribution < 1.29 is 18.3 Å². The summed E-state index contributed by atoms with van der Waals surface area (Å²) in [5.41, 5.74) is 0. The zero-order chi connectivity index (χ0) is 10.8. The average Bonchev–Trinajstić information content (AvgIpc) is 2.32. The molecule has 1 unspecified atom stereocenters. The monoisotopic (exact) mass is 209 g/mol. The van der Waals surface area contributed by atoms with Crippen LogP contribution >= 0.6 is 0 Å². The van der Waals surface area contributed by atoms with Crippen LogP contribution in [0.25, 0.3) is 0 Å². The number of nitrogens with zero attached hydrogens (tertiary/aromatic N) is 3. The minimum absolute atomic E-state index is 0.143. The van der Waals surface area contributed by atoms with Crippen LogP contribution < -0.4 is 0 Å². The molecule has 7 heteroatoms. The van der Waals surface area contributed by atoms with Crippen molar-refractivity contribution in [3.63, 3.8) is 0 Å². The van der Waals surface area contributed by atoms with E-state index in [1.54, 1.807) is 7.05 Å². The first-order chi connectivity index (χ1) is 6.38. The summed E-state index contributed by atoms with van der Waals surface area (Å²) < 4.78 is 36.8. The second-order valence-corrected chi connectivity index (χ2v) is 2.98. The fourth-order valence-electron chi connectivity index (χ4n) is 1.06. The van der Waals surface area contributed by atoms with Crippen LogP contribution in [-0.4, -0.2) is 32.2 Å². The lowest BCUT2D eigenvalue weighted by Gasteiger charge is -2.12. The molecule has 0 aliphatic carbocycles. The summed E-state index contributed by atoms with van der Waals surface area (Å²) in [6.45, 7) is 0. The maximum atomic E-state index is 11.8. The van der Waals surface area contributed by atoms with Crippen LogP contribution in [0.1, 0.15) is 12.2 Å². The van der Waals surface area contributed by atoms with Gasteiger partial charge in [-0.15, -0.1) is 0 Å². The number of hydrogen-bond donors (Lipinski definition) is 1. The van der Waals surface area contributed by atoms with E-state index in [0.29, 0.717) is 5.82 Å². The third kappa shape index (κ3) is 3.33. The summed E-state index contributed by atoms with van der Waals surface area (Å²) in [7, 11) is 1.56. The maximum absolute atomic E-state index is 11.8. The van der Waals surface area contributed by atoms with Crippen LogP contribution in [0.2, 0.25) is 0 Å². The van der Waals surface area contributed by atoms with Crippen molar-refractivity contribution in [3.05, 3.63) is 12.2 Å². The molecule has 1 rings (SSSR count). The molecule has 1 atom stereocenters. The summed E-state index contributed by atoms with van der Waals surface area (Å²) in [5, 5.41) is 12.8. The van der Waals surface area contributed by atoms with Crippen LogP contribution in [0.4, 0.5) is 13.2 Å². The van der Waals surface area contributed by atoms with Gasteiger partial charge in [-0.3, -0.25) is 4.68 Å². The Balaban J connectivity index is 2.50. The van der Waals surface area contributed by atoms with Crippen molar-refractivity contribution in [2.24, 2.45) is 7.05 Å². The van der Waals surface area contributed by atoms with Gasteiger partial charge in [0.1, 0.15) is 12.2 Å². The van der Waals surface area contributed by atoms with Crippen LogP contribution in [0, 0.1) is 0 Å². The molecule has 0 bridgehead atoms. The number of halogens is 3. The van der Waals surface area contributed by atoms with E-state index in [4.69, 9.17) is 5.11 Å². The zero-order valence-electron chi connectivity index (χ0n) is 7.49. The Morgan fingerprint density at radius 2 is 2.21 bits per heavy atom. The number of alkyl halides is 3. The first kappa shape index (κ1) is 11.0. The fourth-order valence-corrected chi connectivity index (χ4v) is 1.06. The predicted octanol–water partition coefficient (Wildman–Crippen LogP) is 0.671. The lowest BCUT2D eigenvalue weighted by atomic mass is 10.2. The van der Waals surface area contributed by atoms with Crippen LogP contribution in [-0.2, 0) is 13.5 Å². The number of aryl methyl sites for hydroxylation is 1. The topological polar surface area (TPSA) is 50.9 Å². The second kappa shape index (κ2) is 3.95. The maximum Gasteiger partial charge on any atom is 0.391 e. The highest BCUT2D eigenvalue weighted by molar-refractivity contribution is 4.86. The van der Waals surface area contributed by atoms with E-state index in [2.05, 4.69) is 10.1 Å². The molecule has 1 N–H and O–H groups in total. The summed E-state index contributed by atoms with van der Waals surface area (Å²) in [6, 6.07) is 0. The van der Waals surface area contributed by atoms with Gasteiger partial charge in [0.25, 0.3) is 0 Å². The SMILES string of the molecule is Cn1ncnc1CC(O)CC(F)(F)F. The molecule has 4 nitrogen and oxygen atoms in total. The van der Waals surface area contributed by atoms with Gasteiger partial charge in [0.15, 0.2) is 0 Å². The molecule has 14 heavy (non-hydrogen) atoms. The highest BCUT2D eigenvalue weighted by Gasteiger charge is 2.31. The third-order valence-corrected chi connectivity index (χ3v) is 1.69. The quantitative estimate of drug-likeness (QED) is 0.796. The molecule has 0 aromatic carbocycles. The van der Waals surface area contributed by atoms with Gasteiger partial charge < -0.3 is 5.11 Å². The summed E-state index contributed by atoms with van der Waals surface area (Å²) >= 11 is 0. The molecule has 1 aromatic rings. The normalized spacial score (nSPS) is 14.4. The number of aliphatic hydroxyl groups excluding tert-OH is 1. The third-order valence-electron chi connectivity index (χ3n) is 1.69. The fraction of sp³-hybridized carbons (Fsp3) is 0.714. The first-order valence-electron chi connectivity index (χ1n) is 3.96. The highest BCUT2D eigenvalue weighted by atomic mass is 19.4. The molecule has 0 saturated carbocycles. The van der Waals surface area contributed by atoms with E-state index in [9.17, 15) is 13.2 Å². The predicted molar refractivity (Wildman–Crippen MR) is 41.4 cm³/mol. The molecule has 1 heterocycles. The van der Waals surface area contributed by atoms with E-state index >= 15 is 0 Å². The van der Waals surface area contributed by atoms with E-state index < -0.39 is 18.7 Å². The van der Waals surface area contributed by atoms with Gasteiger partial charge in [-0.1, -0.05) is 0 Å². The molecule has 0 aliphatic heterocycles. The highest BCUT2D eigenvalue weighted by Crippen LogP contribution is 2.22. The molecule has 0 radical (unpaired) electrons. The van der Waals surface area contributed by atoms with Gasteiger partial charge in [-0.25, -0.2) is 4.98 Å². The largest absolute Gasteiger partial charge is 0.392 e. The molecule has 0 aliphatic rings. The second-order valence-electron chi connectivity index (χ2n) is 2.98. The molecular weight excluding hydrogens is 199 g/mol. The van der Waals surface area contributed by atoms with Gasteiger partial charge in [-0.2, -0.15) is 18.3 Å². The molecule has 1 aromatic heterocycles. The van der Waals surface area contributed by atoms with E-state index in [1.165, 1.54) is 11.0 Å². The van der Waals surface area contributed by atoms with Crippen LogP contribution in [0.5, 0.6) is 0 Å². The van der Waals surface area contributed by atoms with Crippen molar-refractivity contribution in [3.8, 4) is 0 Å². The Morgan fingerprint density at radius 1 is 1.57 bits per heavy atom. The Morgan fingerprint density at radius 3 is 2.64 bits per heavy atom. The number of aromatic nitrogens is 3. The molecule has 0 amide bonds. The minimum Gasteiger partial charge on any atom is -0.392 e. The van der Waals surface area contributed by atoms with Gasteiger partial charge in [0.05, 0.1) is 12.5 Å². The standard InChI is InChI=1S/C7H10F3N3O/c1-13-6(11-4-12-13)2-5(14)3-7(8,9)10/h4-5,14H,2-3H2,1H3. The lowest BCUT2D eigenvalue weighted by molar-refractivity contribution is -0.153. The lowest BCUT2D eigenvalue weighted by Crippen LogP contribution is -2.22. The average molecular weight is 209 g/mol. The Labute approximate surface area is 78.4 Å². The zero-order valence-corrected chi connectivity index (χ0v) is 7.49. The van der Waals surface area contributed by atoms with Gasteiger partial charge in [0.2, 0.25) is 0 Å². The number of aliphatic hydroxyl groups is 1. The Bertz CT molecular complexity index is 297. The Kier molecular flexibility index (Phi) is 3.10. The summed E-state index contributed by atoms with van der Waals surface area (Å²) in [6.07, 6.45) is -5.94. The summed E-state index contributed by atoms with van der Waals surface area (Å²) in [4.78, 5) is 3.71. The number of hydrogen-bond acceptors (Lipinski definition) is 3. The van der Waals surface area contributed by atoms with Crippen LogP contribution in [0.3, 0.4) is 0 Å². The van der Waals surface area contributed by atoms with Crippen molar-refractivity contribution in [1.82, 2.24) is 14.8 Å². The molecular formula is C7H10F3N3O. The Hall–Kier alpha value is -1.11. The number of rotatable bonds is 3. The van der Waals surface area contributed by atoms with E-state index in [-0.39, 0.29) is 6.42 Å². The molecule has 0 fully saturated rings.